The van der Waals surface area contributed by atoms with Crippen molar-refractivity contribution >= 4 is 22.6 Å². The van der Waals surface area contributed by atoms with Gasteiger partial charge >= 0.3 is 0 Å². The molecule has 1 amide bonds. The molecule has 4 rings (SSSR count). The van der Waals surface area contributed by atoms with Gasteiger partial charge < -0.3 is 9.88 Å². The molecule has 3 aromatic rings. The first-order valence-corrected chi connectivity index (χ1v) is 10.1. The molecule has 0 radical (unpaired) electrons. The molecule has 0 spiro atoms. The van der Waals surface area contributed by atoms with Gasteiger partial charge in [0.25, 0.3) is 0 Å². The van der Waals surface area contributed by atoms with Crippen LogP contribution in [0.5, 0.6) is 0 Å². The zero-order valence-electron chi connectivity index (χ0n) is 16.9. The van der Waals surface area contributed by atoms with E-state index < -0.39 is 0 Å². The second-order valence-electron chi connectivity index (χ2n) is 8.09. The Kier molecular flexibility index (Phi) is 5.18. The molecule has 1 aliphatic rings. The minimum Gasteiger partial charge on any atom is -0.326 e. The third-order valence-electron chi connectivity index (χ3n) is 5.49. The van der Waals surface area contributed by atoms with Crippen LogP contribution in [0.1, 0.15) is 44.6 Å². The maximum atomic E-state index is 12.1. The average Bonchev–Trinajstić information content (AvgIpc) is 3.04. The molecule has 0 aliphatic carbocycles. The summed E-state index contributed by atoms with van der Waals surface area (Å²) >= 11 is 0. The Morgan fingerprint density at radius 2 is 1.89 bits per heavy atom. The molecular formula is C23H28N4O. The van der Waals surface area contributed by atoms with E-state index in [2.05, 4.69) is 72.0 Å². The van der Waals surface area contributed by atoms with Crippen molar-refractivity contribution in [1.82, 2.24) is 14.5 Å². The van der Waals surface area contributed by atoms with Crippen molar-refractivity contribution in [3.8, 4) is 0 Å². The summed E-state index contributed by atoms with van der Waals surface area (Å²) in [6.45, 7) is 9.13. The van der Waals surface area contributed by atoms with E-state index in [0.717, 1.165) is 42.2 Å². The molecule has 2 aromatic carbocycles. The summed E-state index contributed by atoms with van der Waals surface area (Å²) < 4.78 is 2.31. The first-order chi connectivity index (χ1) is 13.5. The van der Waals surface area contributed by atoms with E-state index in [9.17, 15) is 4.79 Å². The second-order valence-corrected chi connectivity index (χ2v) is 8.09. The molecule has 0 saturated carbocycles. The van der Waals surface area contributed by atoms with Crippen molar-refractivity contribution in [1.29, 1.82) is 0 Å². The number of hydrogen-bond acceptors (Lipinski definition) is 3. The largest absolute Gasteiger partial charge is 0.326 e. The first kappa shape index (κ1) is 18.7. The van der Waals surface area contributed by atoms with Gasteiger partial charge in [0.15, 0.2) is 0 Å². The molecular weight excluding hydrogens is 348 g/mol. The maximum absolute atomic E-state index is 12.1. The van der Waals surface area contributed by atoms with Crippen molar-refractivity contribution in [2.24, 2.45) is 5.92 Å². The summed E-state index contributed by atoms with van der Waals surface area (Å²) in [5, 5.41) is 3.00. The quantitative estimate of drug-likeness (QED) is 0.708. The summed E-state index contributed by atoms with van der Waals surface area (Å²) in [5.74, 6) is 1.50. The van der Waals surface area contributed by atoms with Crippen molar-refractivity contribution in [2.45, 2.75) is 46.3 Å². The van der Waals surface area contributed by atoms with Gasteiger partial charge in [-0.05, 0) is 36.6 Å². The summed E-state index contributed by atoms with van der Waals surface area (Å²) in [6.07, 6.45) is 0.532. The number of anilines is 1. The number of nitrogens with one attached hydrogen (secondary N) is 1. The fraction of sp³-hybridized carbons (Fsp3) is 0.391. The van der Waals surface area contributed by atoms with Crippen LogP contribution in [0.2, 0.25) is 0 Å². The molecule has 2 heterocycles. The van der Waals surface area contributed by atoms with Gasteiger partial charge in [-0.3, -0.25) is 9.69 Å². The monoisotopic (exact) mass is 376 g/mol. The molecule has 28 heavy (non-hydrogen) atoms. The zero-order valence-corrected chi connectivity index (χ0v) is 16.9. The van der Waals surface area contributed by atoms with E-state index in [4.69, 9.17) is 4.98 Å². The van der Waals surface area contributed by atoms with Crippen LogP contribution in [-0.2, 0) is 17.9 Å². The van der Waals surface area contributed by atoms with Crippen LogP contribution < -0.4 is 5.32 Å². The Morgan fingerprint density at radius 3 is 2.64 bits per heavy atom. The van der Waals surface area contributed by atoms with E-state index in [-0.39, 0.29) is 5.91 Å². The van der Waals surface area contributed by atoms with Crippen LogP contribution in [0.25, 0.3) is 11.0 Å². The van der Waals surface area contributed by atoms with Crippen LogP contribution >= 0.6 is 0 Å². The van der Waals surface area contributed by atoms with Crippen LogP contribution in [0.3, 0.4) is 0 Å². The molecule has 1 aliphatic heterocycles. The van der Waals surface area contributed by atoms with Gasteiger partial charge in [0, 0.05) is 31.2 Å². The fourth-order valence-corrected chi connectivity index (χ4v) is 3.97. The zero-order chi connectivity index (χ0) is 19.7. The van der Waals surface area contributed by atoms with Crippen molar-refractivity contribution in [3.05, 3.63) is 59.9 Å². The molecule has 146 valence electrons. The lowest BCUT2D eigenvalue weighted by molar-refractivity contribution is -0.116. The number of fused-ring (bicyclic) bond motifs is 3. The number of rotatable bonds is 5. The number of carbonyl (C=O) groups is 1. The van der Waals surface area contributed by atoms with E-state index in [0.29, 0.717) is 18.4 Å². The molecule has 1 aromatic heterocycles. The third kappa shape index (κ3) is 3.80. The summed E-state index contributed by atoms with van der Waals surface area (Å²) in [4.78, 5) is 19.4. The molecule has 0 unspecified atom stereocenters. The van der Waals surface area contributed by atoms with Crippen molar-refractivity contribution in [2.75, 3.05) is 11.9 Å². The van der Waals surface area contributed by atoms with Crippen molar-refractivity contribution < 1.29 is 4.79 Å². The number of benzene rings is 2. The molecule has 0 fully saturated rings. The van der Waals surface area contributed by atoms with Crippen LogP contribution in [-0.4, -0.2) is 26.9 Å². The molecule has 5 nitrogen and oxygen atoms in total. The number of nitrogens with zero attached hydrogens (tertiary/aromatic N) is 3. The smallest absolute Gasteiger partial charge is 0.224 e. The molecule has 1 atom stereocenters. The van der Waals surface area contributed by atoms with E-state index in [1.165, 1.54) is 5.56 Å². The lowest BCUT2D eigenvalue weighted by Crippen LogP contribution is -2.35. The van der Waals surface area contributed by atoms with Gasteiger partial charge in [-0.25, -0.2) is 4.98 Å². The molecule has 0 bridgehead atoms. The lowest BCUT2D eigenvalue weighted by atomic mass is 10.1. The topological polar surface area (TPSA) is 50.2 Å². The predicted octanol–water partition coefficient (Wildman–Crippen LogP) is 4.60. The second kappa shape index (κ2) is 7.76. The summed E-state index contributed by atoms with van der Waals surface area (Å²) in [5.41, 5.74) is 4.25. The van der Waals surface area contributed by atoms with E-state index in [1.54, 1.807) is 0 Å². The van der Waals surface area contributed by atoms with E-state index in [1.807, 2.05) is 12.1 Å². The highest BCUT2D eigenvalue weighted by atomic mass is 16.1. The molecule has 0 saturated heterocycles. The minimum absolute atomic E-state index is 0.0567. The Hall–Kier alpha value is -2.66. The highest BCUT2D eigenvalue weighted by molar-refractivity contribution is 5.93. The number of aromatic nitrogens is 2. The predicted molar refractivity (Wildman–Crippen MR) is 113 cm³/mol. The fourth-order valence-electron chi connectivity index (χ4n) is 3.97. The Labute approximate surface area is 166 Å². The molecule has 5 heteroatoms. The van der Waals surface area contributed by atoms with Crippen LogP contribution in [0.4, 0.5) is 5.69 Å². The van der Waals surface area contributed by atoms with Crippen LogP contribution in [0.15, 0.2) is 48.5 Å². The van der Waals surface area contributed by atoms with Gasteiger partial charge in [-0.1, -0.05) is 44.2 Å². The van der Waals surface area contributed by atoms with Crippen molar-refractivity contribution in [3.63, 3.8) is 0 Å². The Morgan fingerprint density at radius 1 is 1.11 bits per heavy atom. The van der Waals surface area contributed by atoms with Gasteiger partial charge in [-0.2, -0.15) is 0 Å². The standard InChI is InChI=1S/C23H28N4O/c1-16(2)13-23(28)24-19-9-10-21-20(14-19)25-22-15-26(11-12-27(21)22)17(3)18-7-5-4-6-8-18/h4-10,14,16-17H,11-13,15H2,1-3H3,(H,24,28)/t17-/m0/s1. The average molecular weight is 377 g/mol. The number of amides is 1. The highest BCUT2D eigenvalue weighted by Crippen LogP contribution is 2.28. The van der Waals surface area contributed by atoms with Gasteiger partial charge in [0.2, 0.25) is 5.91 Å². The lowest BCUT2D eigenvalue weighted by Gasteiger charge is -2.33. The van der Waals surface area contributed by atoms with Gasteiger partial charge in [0.1, 0.15) is 5.82 Å². The third-order valence-corrected chi connectivity index (χ3v) is 5.49. The number of hydrogen-bond donors (Lipinski definition) is 1. The summed E-state index contributed by atoms with van der Waals surface area (Å²) in [6, 6.07) is 17.0. The SMILES string of the molecule is CC(C)CC(=O)Nc1ccc2c(c1)nc1n2CCN([C@@H](C)c2ccccc2)C1. The number of imidazole rings is 1. The maximum Gasteiger partial charge on any atom is 0.224 e. The molecule has 1 N–H and O–H groups in total. The normalized spacial score (nSPS) is 15.6. The summed E-state index contributed by atoms with van der Waals surface area (Å²) in [7, 11) is 0. The minimum atomic E-state index is 0.0567. The first-order valence-electron chi connectivity index (χ1n) is 10.1. The van der Waals surface area contributed by atoms with Crippen LogP contribution in [0, 0.1) is 5.92 Å². The Balaban J connectivity index is 1.54. The van der Waals surface area contributed by atoms with Gasteiger partial charge in [0.05, 0.1) is 17.6 Å². The van der Waals surface area contributed by atoms with E-state index >= 15 is 0 Å². The Bertz CT molecular complexity index is 977. The number of carbonyl (C=O) groups excluding carboxylic acids is 1. The highest BCUT2D eigenvalue weighted by Gasteiger charge is 2.24. The van der Waals surface area contributed by atoms with Gasteiger partial charge in [-0.15, -0.1) is 0 Å².